The van der Waals surface area contributed by atoms with Gasteiger partial charge in [-0.25, -0.2) is 0 Å². The number of rotatable bonds is 8. The highest BCUT2D eigenvalue weighted by Crippen LogP contribution is 2.29. The predicted octanol–water partition coefficient (Wildman–Crippen LogP) is 2.11. The minimum atomic E-state index is -2.20. The molecule has 5 heteroatoms. The van der Waals surface area contributed by atoms with Gasteiger partial charge < -0.3 is 18.3 Å². The highest BCUT2D eigenvalue weighted by atomic mass is 28.4. The third-order valence-corrected chi connectivity index (χ3v) is 7.50. The molecule has 0 saturated carbocycles. The summed E-state index contributed by atoms with van der Waals surface area (Å²) in [6.45, 7) is 8.75. The Bertz CT molecular complexity index is 218. The van der Waals surface area contributed by atoms with Gasteiger partial charge in [-0.05, 0) is 12.5 Å². The largest absolute Gasteiger partial charge is 0.396 e. The fourth-order valence-corrected chi connectivity index (χ4v) is 4.94. The summed E-state index contributed by atoms with van der Waals surface area (Å²) in [4.78, 5) is 0. The van der Waals surface area contributed by atoms with Gasteiger partial charge in [-0.1, -0.05) is 20.8 Å². The fraction of sp³-hybridized carbons (Fsp3) is 1.00. The van der Waals surface area contributed by atoms with Crippen LogP contribution in [-0.2, 0) is 18.3 Å². The second kappa shape index (κ2) is 6.29. The van der Waals surface area contributed by atoms with E-state index < -0.39 is 8.56 Å². The van der Waals surface area contributed by atoms with Gasteiger partial charge in [0.25, 0.3) is 0 Å². The minimum absolute atomic E-state index is 0.0972. The topological polar surface area (TPSA) is 36.9 Å². The van der Waals surface area contributed by atoms with E-state index in [0.717, 1.165) is 32.3 Å². The van der Waals surface area contributed by atoms with Gasteiger partial charge in [0.05, 0.1) is 19.8 Å². The molecule has 1 unspecified atom stereocenters. The van der Waals surface area contributed by atoms with Crippen LogP contribution in [0.15, 0.2) is 0 Å². The van der Waals surface area contributed by atoms with Crippen molar-refractivity contribution in [2.24, 2.45) is 5.41 Å². The van der Waals surface area contributed by atoms with Gasteiger partial charge in [0.2, 0.25) is 0 Å². The quantitative estimate of drug-likeness (QED) is 0.628. The third kappa shape index (κ3) is 3.29. The molecule has 1 fully saturated rings. The predicted molar refractivity (Wildman–Crippen MR) is 69.2 cm³/mol. The summed E-state index contributed by atoms with van der Waals surface area (Å²) in [6, 6.07) is 0.908. The molecule has 0 aliphatic carbocycles. The zero-order valence-corrected chi connectivity index (χ0v) is 12.7. The lowest BCUT2D eigenvalue weighted by molar-refractivity contribution is -0.145. The third-order valence-electron chi connectivity index (χ3n) is 3.58. The Morgan fingerprint density at radius 2 is 1.82 bits per heavy atom. The van der Waals surface area contributed by atoms with Crippen LogP contribution < -0.4 is 0 Å². The molecule has 1 rings (SSSR count). The molecular formula is C12H26O4Si. The molecule has 0 aromatic rings. The molecule has 1 aliphatic rings. The van der Waals surface area contributed by atoms with Crippen LogP contribution in [0.25, 0.3) is 0 Å². The van der Waals surface area contributed by atoms with Crippen molar-refractivity contribution in [3.05, 3.63) is 0 Å². The van der Waals surface area contributed by atoms with Crippen LogP contribution in [0.1, 0.15) is 27.2 Å². The van der Waals surface area contributed by atoms with Crippen molar-refractivity contribution in [1.29, 1.82) is 0 Å². The van der Waals surface area contributed by atoms with Crippen LogP contribution >= 0.6 is 0 Å². The number of hydrogen-bond donors (Lipinski definition) is 0. The molecule has 0 aromatic carbocycles. The maximum Gasteiger partial charge on any atom is 0.367 e. The van der Waals surface area contributed by atoms with Crippen molar-refractivity contribution in [1.82, 2.24) is 0 Å². The molecule has 0 N–H and O–H groups in total. The van der Waals surface area contributed by atoms with Gasteiger partial charge >= 0.3 is 8.56 Å². The lowest BCUT2D eigenvalue weighted by Gasteiger charge is -2.41. The van der Waals surface area contributed by atoms with Crippen molar-refractivity contribution in [2.75, 3.05) is 34.0 Å². The summed E-state index contributed by atoms with van der Waals surface area (Å²) in [6.07, 6.45) is 0.929. The van der Waals surface area contributed by atoms with Crippen LogP contribution in [0.4, 0.5) is 0 Å². The Balaban J connectivity index is 2.56. The molecule has 102 valence electrons. The molecule has 1 heterocycles. The highest BCUT2D eigenvalue weighted by molar-refractivity contribution is 6.68. The van der Waals surface area contributed by atoms with Gasteiger partial charge in [-0.15, -0.1) is 0 Å². The summed E-state index contributed by atoms with van der Waals surface area (Å²) < 4.78 is 22.6. The van der Waals surface area contributed by atoms with Crippen molar-refractivity contribution >= 4 is 8.56 Å². The first-order chi connectivity index (χ1) is 8.05. The SMILES string of the molecule is CCC(OCC1(C)COC1)[Si](CC)(OC)OC. The van der Waals surface area contributed by atoms with Crippen LogP contribution in [0, 0.1) is 5.41 Å². The number of ether oxygens (including phenoxy) is 2. The zero-order valence-electron chi connectivity index (χ0n) is 11.7. The van der Waals surface area contributed by atoms with E-state index in [0.29, 0.717) is 0 Å². The van der Waals surface area contributed by atoms with E-state index in [9.17, 15) is 0 Å². The summed E-state index contributed by atoms with van der Waals surface area (Å²) in [5.74, 6) is 0. The molecule has 1 atom stereocenters. The Morgan fingerprint density at radius 3 is 2.12 bits per heavy atom. The average Bonchev–Trinajstić information content (AvgIpc) is 2.33. The smallest absolute Gasteiger partial charge is 0.367 e. The normalized spacial score (nSPS) is 21.0. The van der Waals surface area contributed by atoms with Gasteiger partial charge in [0.15, 0.2) is 0 Å². The standard InChI is InChI=1S/C12H26O4Si/c1-6-11(17(7-2,13-4)14-5)16-10-12(3)8-15-9-12/h11H,6-10H2,1-5H3. The molecule has 0 aromatic heterocycles. The van der Waals surface area contributed by atoms with E-state index in [1.54, 1.807) is 14.2 Å². The Kier molecular flexibility index (Phi) is 5.59. The van der Waals surface area contributed by atoms with Gasteiger partial charge in [0.1, 0.15) is 5.73 Å². The molecule has 1 saturated heterocycles. The van der Waals surface area contributed by atoms with Crippen molar-refractivity contribution in [2.45, 2.75) is 39.0 Å². The van der Waals surface area contributed by atoms with Gasteiger partial charge in [-0.3, -0.25) is 0 Å². The van der Waals surface area contributed by atoms with E-state index in [1.165, 1.54) is 0 Å². The maximum atomic E-state index is 6.07. The van der Waals surface area contributed by atoms with E-state index in [-0.39, 0.29) is 11.1 Å². The van der Waals surface area contributed by atoms with Crippen LogP contribution in [0.5, 0.6) is 0 Å². The molecule has 17 heavy (non-hydrogen) atoms. The fourth-order valence-electron chi connectivity index (χ4n) is 2.25. The lowest BCUT2D eigenvalue weighted by Crippen LogP contribution is -2.54. The first-order valence-corrected chi connectivity index (χ1v) is 8.45. The summed E-state index contributed by atoms with van der Waals surface area (Å²) in [5.41, 5.74) is 0.280. The van der Waals surface area contributed by atoms with Crippen molar-refractivity contribution in [3.63, 3.8) is 0 Å². The van der Waals surface area contributed by atoms with Crippen molar-refractivity contribution in [3.8, 4) is 0 Å². The summed E-state index contributed by atoms with van der Waals surface area (Å²) in [5, 5.41) is 0. The van der Waals surface area contributed by atoms with E-state index in [1.807, 2.05) is 0 Å². The maximum absolute atomic E-state index is 6.07. The first kappa shape index (κ1) is 15.1. The molecular weight excluding hydrogens is 236 g/mol. The van der Waals surface area contributed by atoms with Gasteiger partial charge in [-0.2, -0.15) is 0 Å². The molecule has 0 radical (unpaired) electrons. The second-order valence-corrected chi connectivity index (χ2v) is 8.88. The average molecular weight is 262 g/mol. The first-order valence-electron chi connectivity index (χ1n) is 6.35. The van der Waals surface area contributed by atoms with Crippen LogP contribution in [0.3, 0.4) is 0 Å². The van der Waals surface area contributed by atoms with E-state index in [2.05, 4.69) is 20.8 Å². The molecule has 0 amide bonds. The molecule has 0 bridgehead atoms. The lowest BCUT2D eigenvalue weighted by atomic mass is 9.90. The van der Waals surface area contributed by atoms with E-state index in [4.69, 9.17) is 18.3 Å². The van der Waals surface area contributed by atoms with Gasteiger partial charge in [0, 0.05) is 19.6 Å². The summed E-state index contributed by atoms with van der Waals surface area (Å²) >= 11 is 0. The van der Waals surface area contributed by atoms with Crippen molar-refractivity contribution < 1.29 is 18.3 Å². The molecule has 0 spiro atoms. The monoisotopic (exact) mass is 262 g/mol. The minimum Gasteiger partial charge on any atom is -0.396 e. The Morgan fingerprint density at radius 1 is 1.24 bits per heavy atom. The molecule has 4 nitrogen and oxygen atoms in total. The number of hydrogen-bond acceptors (Lipinski definition) is 4. The van der Waals surface area contributed by atoms with Crippen LogP contribution in [-0.4, -0.2) is 48.3 Å². The zero-order chi connectivity index (χ0) is 12.9. The Labute approximate surface area is 106 Å². The van der Waals surface area contributed by atoms with Crippen LogP contribution in [0.2, 0.25) is 6.04 Å². The highest BCUT2D eigenvalue weighted by Gasteiger charge is 2.44. The molecule has 1 aliphatic heterocycles. The second-order valence-electron chi connectivity index (χ2n) is 5.08. The Hall–Kier alpha value is 0.0569. The van der Waals surface area contributed by atoms with E-state index >= 15 is 0 Å². The summed E-state index contributed by atoms with van der Waals surface area (Å²) in [7, 11) is 1.27.